The molecule has 140 valence electrons. The predicted molar refractivity (Wildman–Crippen MR) is 107 cm³/mol. The highest BCUT2D eigenvalue weighted by atomic mass is 16.3. The number of aromatic amines is 1. The van der Waals surface area contributed by atoms with Crippen LogP contribution in [-0.2, 0) is 6.54 Å². The number of rotatable bonds is 6. The number of H-pyrrole nitrogens is 1. The summed E-state index contributed by atoms with van der Waals surface area (Å²) in [7, 11) is 0. The van der Waals surface area contributed by atoms with Gasteiger partial charge in [0.1, 0.15) is 0 Å². The molecule has 0 fully saturated rings. The number of nitrogens with one attached hydrogen (secondary N) is 1. The molecule has 0 aliphatic heterocycles. The molecule has 0 aliphatic carbocycles. The van der Waals surface area contributed by atoms with E-state index in [0.717, 1.165) is 22.0 Å². The van der Waals surface area contributed by atoms with E-state index >= 15 is 0 Å². The molecule has 5 heteroatoms. The van der Waals surface area contributed by atoms with E-state index in [9.17, 15) is 14.7 Å². The van der Waals surface area contributed by atoms with E-state index in [0.29, 0.717) is 24.1 Å². The van der Waals surface area contributed by atoms with Crippen molar-refractivity contribution in [1.82, 2.24) is 9.88 Å². The van der Waals surface area contributed by atoms with E-state index < -0.39 is 0 Å². The zero-order chi connectivity index (χ0) is 19.4. The Morgan fingerprint density at radius 1 is 1.11 bits per heavy atom. The van der Waals surface area contributed by atoms with Crippen LogP contribution >= 0.6 is 0 Å². The third-order valence-electron chi connectivity index (χ3n) is 4.88. The van der Waals surface area contributed by atoms with Crippen LogP contribution in [0.15, 0.2) is 53.3 Å². The lowest BCUT2D eigenvalue weighted by molar-refractivity contribution is 0.0731. The van der Waals surface area contributed by atoms with Gasteiger partial charge in [0.15, 0.2) is 0 Å². The molecule has 1 heterocycles. The number of carbonyl (C=O) groups is 1. The van der Waals surface area contributed by atoms with Crippen LogP contribution in [0.3, 0.4) is 0 Å². The van der Waals surface area contributed by atoms with Crippen molar-refractivity contribution in [2.24, 2.45) is 0 Å². The van der Waals surface area contributed by atoms with Gasteiger partial charge in [-0.3, -0.25) is 9.59 Å². The maximum atomic E-state index is 12.9. The Hall–Kier alpha value is -2.92. The van der Waals surface area contributed by atoms with Crippen molar-refractivity contribution in [2.45, 2.75) is 26.8 Å². The van der Waals surface area contributed by atoms with Crippen molar-refractivity contribution in [3.05, 3.63) is 81.1 Å². The van der Waals surface area contributed by atoms with Crippen LogP contribution in [0.1, 0.15) is 33.5 Å². The molecule has 0 saturated carbocycles. The van der Waals surface area contributed by atoms with E-state index in [2.05, 4.69) is 4.98 Å². The molecule has 0 radical (unpaired) electrons. The van der Waals surface area contributed by atoms with Gasteiger partial charge in [0.25, 0.3) is 11.5 Å². The van der Waals surface area contributed by atoms with Gasteiger partial charge in [-0.05, 0) is 55.0 Å². The average Bonchev–Trinajstić information content (AvgIpc) is 2.69. The van der Waals surface area contributed by atoms with E-state index in [1.54, 1.807) is 17.0 Å². The van der Waals surface area contributed by atoms with Gasteiger partial charge in [0.05, 0.1) is 12.1 Å². The average molecular weight is 364 g/mol. The van der Waals surface area contributed by atoms with Crippen molar-refractivity contribution in [2.75, 3.05) is 13.2 Å². The third kappa shape index (κ3) is 4.09. The summed E-state index contributed by atoms with van der Waals surface area (Å²) < 4.78 is 0. The summed E-state index contributed by atoms with van der Waals surface area (Å²) in [6.07, 6.45) is 0.461. The van der Waals surface area contributed by atoms with Crippen LogP contribution in [0.25, 0.3) is 10.9 Å². The highest BCUT2D eigenvalue weighted by Crippen LogP contribution is 2.19. The summed E-state index contributed by atoms with van der Waals surface area (Å²) in [5, 5.41) is 10.1. The lowest BCUT2D eigenvalue weighted by atomic mass is 10.0. The van der Waals surface area contributed by atoms with Crippen molar-refractivity contribution in [3.63, 3.8) is 0 Å². The Balaban J connectivity index is 1.96. The van der Waals surface area contributed by atoms with E-state index in [1.807, 2.05) is 50.2 Å². The minimum Gasteiger partial charge on any atom is -0.396 e. The number of pyridine rings is 1. The number of aliphatic hydroxyl groups is 1. The fraction of sp³-hybridized carbons (Fsp3) is 0.273. The van der Waals surface area contributed by atoms with Gasteiger partial charge < -0.3 is 15.0 Å². The first-order valence-electron chi connectivity index (χ1n) is 9.08. The zero-order valence-corrected chi connectivity index (χ0v) is 15.7. The molecule has 0 bridgehead atoms. The number of aromatic nitrogens is 1. The minimum absolute atomic E-state index is 0.00881. The van der Waals surface area contributed by atoms with Gasteiger partial charge >= 0.3 is 0 Å². The van der Waals surface area contributed by atoms with Crippen LogP contribution in [0.5, 0.6) is 0 Å². The maximum absolute atomic E-state index is 12.9. The second kappa shape index (κ2) is 8.18. The number of aliphatic hydroxyl groups excluding tert-OH is 1. The number of fused-ring (bicyclic) bond motifs is 1. The number of benzene rings is 2. The zero-order valence-electron chi connectivity index (χ0n) is 15.7. The Labute approximate surface area is 158 Å². The SMILES string of the molecule is Cc1ccc2cc(CN(CCCO)C(=O)c3ccccc3)c(=O)[nH]c2c1C. The molecular weight excluding hydrogens is 340 g/mol. The number of aryl methyl sites for hydroxylation is 2. The Kier molecular flexibility index (Phi) is 5.72. The number of hydrogen-bond acceptors (Lipinski definition) is 3. The van der Waals surface area contributed by atoms with Crippen molar-refractivity contribution < 1.29 is 9.90 Å². The standard InChI is InChI=1S/C22H24N2O3/c1-15-9-10-18-13-19(21(26)23-20(18)16(15)2)14-24(11-6-12-25)22(27)17-7-4-3-5-8-17/h3-5,7-10,13,25H,6,11-12,14H2,1-2H3,(H,23,26). The van der Waals surface area contributed by atoms with Crippen molar-refractivity contribution in [1.29, 1.82) is 0 Å². The molecule has 5 nitrogen and oxygen atoms in total. The lowest BCUT2D eigenvalue weighted by Gasteiger charge is -2.22. The number of hydrogen-bond donors (Lipinski definition) is 2. The maximum Gasteiger partial charge on any atom is 0.254 e. The molecule has 3 aromatic rings. The smallest absolute Gasteiger partial charge is 0.254 e. The minimum atomic E-state index is -0.189. The van der Waals surface area contributed by atoms with Gasteiger partial charge in [-0.2, -0.15) is 0 Å². The van der Waals surface area contributed by atoms with Gasteiger partial charge in [-0.25, -0.2) is 0 Å². The molecule has 3 rings (SSSR count). The summed E-state index contributed by atoms with van der Waals surface area (Å²) in [6, 6.07) is 14.8. The molecule has 0 atom stereocenters. The van der Waals surface area contributed by atoms with Gasteiger partial charge in [-0.1, -0.05) is 30.3 Å². The van der Waals surface area contributed by atoms with E-state index in [-0.39, 0.29) is 24.6 Å². The monoisotopic (exact) mass is 364 g/mol. The van der Waals surface area contributed by atoms with Crippen molar-refractivity contribution in [3.8, 4) is 0 Å². The molecule has 2 aromatic carbocycles. The van der Waals surface area contributed by atoms with Crippen LogP contribution in [0, 0.1) is 13.8 Å². The molecule has 0 aliphatic rings. The lowest BCUT2D eigenvalue weighted by Crippen LogP contribution is -2.34. The summed E-state index contributed by atoms with van der Waals surface area (Å²) in [6.45, 7) is 4.57. The first-order chi connectivity index (χ1) is 13.0. The molecular formula is C22H24N2O3. The second-order valence-corrected chi connectivity index (χ2v) is 6.77. The van der Waals surface area contributed by atoms with Crippen molar-refractivity contribution >= 4 is 16.8 Å². The number of amides is 1. The first kappa shape index (κ1) is 18.9. The fourth-order valence-corrected chi connectivity index (χ4v) is 3.17. The Bertz CT molecular complexity index is 1010. The van der Waals surface area contributed by atoms with Crippen LogP contribution in [0.4, 0.5) is 0 Å². The number of nitrogens with zero attached hydrogens (tertiary/aromatic N) is 1. The molecule has 1 amide bonds. The summed E-state index contributed by atoms with van der Waals surface area (Å²) in [5.41, 5.74) is 3.92. The molecule has 0 unspecified atom stereocenters. The largest absolute Gasteiger partial charge is 0.396 e. The second-order valence-electron chi connectivity index (χ2n) is 6.77. The quantitative estimate of drug-likeness (QED) is 0.706. The normalized spacial score (nSPS) is 10.9. The Morgan fingerprint density at radius 3 is 2.56 bits per heavy atom. The van der Waals surface area contributed by atoms with E-state index in [1.165, 1.54) is 0 Å². The van der Waals surface area contributed by atoms with Gasteiger partial charge in [0.2, 0.25) is 0 Å². The molecule has 1 aromatic heterocycles. The molecule has 27 heavy (non-hydrogen) atoms. The first-order valence-corrected chi connectivity index (χ1v) is 9.08. The van der Waals surface area contributed by atoms with Gasteiger partial charge in [-0.15, -0.1) is 0 Å². The summed E-state index contributed by atoms with van der Waals surface area (Å²) >= 11 is 0. The van der Waals surface area contributed by atoms with E-state index in [4.69, 9.17) is 0 Å². The van der Waals surface area contributed by atoms with Crippen LogP contribution < -0.4 is 5.56 Å². The van der Waals surface area contributed by atoms with Crippen LogP contribution in [-0.4, -0.2) is 34.0 Å². The topological polar surface area (TPSA) is 73.4 Å². The van der Waals surface area contributed by atoms with Crippen LogP contribution in [0.2, 0.25) is 0 Å². The summed E-state index contributed by atoms with van der Waals surface area (Å²) in [4.78, 5) is 30.1. The summed E-state index contributed by atoms with van der Waals surface area (Å²) in [5.74, 6) is -0.149. The highest BCUT2D eigenvalue weighted by Gasteiger charge is 2.17. The highest BCUT2D eigenvalue weighted by molar-refractivity contribution is 5.94. The third-order valence-corrected chi connectivity index (χ3v) is 4.88. The predicted octanol–water partition coefficient (Wildman–Crippen LogP) is 3.17. The molecule has 2 N–H and O–H groups in total. The molecule has 0 saturated heterocycles. The van der Waals surface area contributed by atoms with Gasteiger partial charge in [0, 0.05) is 24.3 Å². The fourth-order valence-electron chi connectivity index (χ4n) is 3.17. The number of carbonyl (C=O) groups excluding carboxylic acids is 1. The molecule has 0 spiro atoms. The Morgan fingerprint density at radius 2 is 1.85 bits per heavy atom.